The van der Waals surface area contributed by atoms with Gasteiger partial charge in [0.1, 0.15) is 23.2 Å². The number of carboxylic acids is 1. The molecule has 3 aromatic heterocycles. The Morgan fingerprint density at radius 1 is 1.00 bits per heavy atom. The van der Waals surface area contributed by atoms with Crippen molar-refractivity contribution < 1.29 is 14.6 Å². The minimum atomic E-state index is -1.02. The molecule has 7 rings (SSSR count). The number of ether oxygens (including phenoxy) is 1. The van der Waals surface area contributed by atoms with Crippen molar-refractivity contribution in [3.8, 4) is 22.9 Å². The van der Waals surface area contributed by atoms with E-state index in [2.05, 4.69) is 36.4 Å². The third kappa shape index (κ3) is 5.64. The van der Waals surface area contributed by atoms with Crippen LogP contribution in [0.2, 0.25) is 5.02 Å². The van der Waals surface area contributed by atoms with Gasteiger partial charge in [-0.3, -0.25) is 9.36 Å². The van der Waals surface area contributed by atoms with Crippen LogP contribution in [0.4, 0.5) is 0 Å². The number of thioether (sulfide) groups is 2. The van der Waals surface area contributed by atoms with Crippen LogP contribution < -0.4 is 4.74 Å². The lowest BCUT2D eigenvalue weighted by molar-refractivity contribution is 0.0685. The number of halogens is 1. The summed E-state index contributed by atoms with van der Waals surface area (Å²) in [6.45, 7) is 0.404. The molecule has 238 valence electrons. The van der Waals surface area contributed by atoms with Gasteiger partial charge in [0, 0.05) is 70.9 Å². The lowest BCUT2D eigenvalue weighted by Gasteiger charge is -2.12. The van der Waals surface area contributed by atoms with Gasteiger partial charge in [-0.15, -0.1) is 23.5 Å². The van der Waals surface area contributed by atoms with Crippen molar-refractivity contribution in [3.63, 3.8) is 0 Å². The summed E-state index contributed by atoms with van der Waals surface area (Å²) in [6, 6.07) is 20.6. The van der Waals surface area contributed by atoms with E-state index in [1.54, 1.807) is 52.9 Å². The quantitative estimate of drug-likeness (QED) is 0.188. The normalized spacial score (nSPS) is 14.0. The molecule has 4 heterocycles. The molecule has 6 aromatic rings. The molecule has 0 saturated carbocycles. The molecular formula is C35H31ClN6O3S2. The number of nitriles is 1. The zero-order valence-electron chi connectivity index (χ0n) is 26.1. The third-order valence-corrected chi connectivity index (χ3v) is 10.9. The van der Waals surface area contributed by atoms with Gasteiger partial charge >= 0.3 is 5.97 Å². The average Bonchev–Trinajstić information content (AvgIpc) is 3.67. The van der Waals surface area contributed by atoms with Crippen LogP contribution in [0.3, 0.4) is 0 Å². The summed E-state index contributed by atoms with van der Waals surface area (Å²) >= 11 is 10.3. The maximum Gasteiger partial charge on any atom is 0.352 e. The van der Waals surface area contributed by atoms with Crippen molar-refractivity contribution >= 4 is 62.8 Å². The molecule has 47 heavy (non-hydrogen) atoms. The van der Waals surface area contributed by atoms with Crippen LogP contribution in [0.1, 0.15) is 45.2 Å². The largest absolute Gasteiger partial charge is 0.493 e. The van der Waals surface area contributed by atoms with Crippen LogP contribution >= 0.6 is 35.1 Å². The predicted molar refractivity (Wildman–Crippen MR) is 187 cm³/mol. The minimum absolute atomic E-state index is 0.193. The van der Waals surface area contributed by atoms with Gasteiger partial charge < -0.3 is 14.4 Å². The minimum Gasteiger partial charge on any atom is -0.493 e. The first-order chi connectivity index (χ1) is 22.7. The molecule has 0 spiro atoms. The van der Waals surface area contributed by atoms with Crippen LogP contribution in [0.25, 0.3) is 32.8 Å². The second-order valence-electron chi connectivity index (χ2n) is 11.5. The number of fused-ring (bicyclic) bond motifs is 8. The Labute approximate surface area is 285 Å². The number of hydrogen-bond acceptors (Lipinski definition) is 7. The fraction of sp³-hybridized carbons (Fsp3) is 0.257. The maximum atomic E-state index is 12.7. The number of aromatic carboxylic acids is 1. The monoisotopic (exact) mass is 682 g/mol. The van der Waals surface area contributed by atoms with Gasteiger partial charge in [-0.1, -0.05) is 41.9 Å². The Hall–Kier alpha value is -4.37. The summed E-state index contributed by atoms with van der Waals surface area (Å²) in [5.41, 5.74) is 5.95. The number of aryl methyl sites for hydroxylation is 4. The number of aromatic nitrogens is 5. The van der Waals surface area contributed by atoms with E-state index in [4.69, 9.17) is 26.5 Å². The standard InChI is InChI=1S/C35H31ClN6O3S2/c1-40-33-26-10-11-27(36)31(33)32-28(39-42(3)29(32)16-37)19-46-17-21-14-22(41(2)38-21)18-47-23-13-20-7-4-5-8-24(20)30(15-23)45-12-6-9-25(26)34(40)35(43)44/h4-5,7-8,10-11,13-15H,6,9,12,17-19H2,1-3H3,(H,43,44). The first-order valence-electron chi connectivity index (χ1n) is 15.1. The average molecular weight is 683 g/mol. The van der Waals surface area contributed by atoms with E-state index < -0.39 is 5.97 Å². The molecule has 0 radical (unpaired) electrons. The molecule has 1 N–H and O–H groups in total. The van der Waals surface area contributed by atoms with Gasteiger partial charge in [-0.05, 0) is 48.1 Å². The Morgan fingerprint density at radius 2 is 1.83 bits per heavy atom. The molecule has 0 atom stereocenters. The highest BCUT2D eigenvalue weighted by atomic mass is 35.5. The zero-order chi connectivity index (χ0) is 32.8. The van der Waals surface area contributed by atoms with E-state index in [1.165, 1.54) is 0 Å². The lowest BCUT2D eigenvalue weighted by Crippen LogP contribution is -2.09. The molecule has 12 heteroatoms. The first-order valence-corrected chi connectivity index (χ1v) is 17.6. The molecule has 0 saturated heterocycles. The molecule has 9 nitrogen and oxygen atoms in total. The smallest absolute Gasteiger partial charge is 0.352 e. The second-order valence-corrected chi connectivity index (χ2v) is 14.0. The van der Waals surface area contributed by atoms with E-state index in [0.29, 0.717) is 69.6 Å². The Morgan fingerprint density at radius 3 is 2.64 bits per heavy atom. The molecule has 1 aliphatic rings. The van der Waals surface area contributed by atoms with Gasteiger partial charge in [-0.25, -0.2) is 4.79 Å². The van der Waals surface area contributed by atoms with Crippen molar-refractivity contribution in [1.82, 2.24) is 24.1 Å². The second kappa shape index (κ2) is 12.7. The molecule has 3 aromatic carbocycles. The Kier molecular flexibility index (Phi) is 8.43. The molecule has 8 bridgehead atoms. The molecule has 0 amide bonds. The first kappa shape index (κ1) is 31.2. The Balaban J connectivity index is 1.37. The van der Waals surface area contributed by atoms with Gasteiger partial charge in [0.25, 0.3) is 0 Å². The number of nitrogens with zero attached hydrogens (tertiary/aromatic N) is 6. The van der Waals surface area contributed by atoms with Crippen LogP contribution in [0.5, 0.6) is 5.75 Å². The lowest BCUT2D eigenvalue weighted by atomic mass is 9.98. The van der Waals surface area contributed by atoms with Crippen molar-refractivity contribution in [2.24, 2.45) is 21.1 Å². The van der Waals surface area contributed by atoms with E-state index in [9.17, 15) is 15.2 Å². The molecular weight excluding hydrogens is 652 g/mol. The molecule has 0 unspecified atom stereocenters. The molecule has 0 aliphatic carbocycles. The van der Waals surface area contributed by atoms with Gasteiger partial charge in [0.2, 0.25) is 0 Å². The number of benzene rings is 3. The highest BCUT2D eigenvalue weighted by Gasteiger charge is 2.28. The number of carboxylic acid groups (broad SMARTS) is 1. The van der Waals surface area contributed by atoms with Crippen molar-refractivity contribution in [2.45, 2.75) is 35.0 Å². The SMILES string of the molecule is Cn1nc2cc1CSc1cc(c3ccccc3c1)OCCCc1c(C(=O)O)n(C)c3c(c(Cl)ccc13)-c1c(nn(C)c1C#N)CSC2. The maximum absolute atomic E-state index is 12.7. The van der Waals surface area contributed by atoms with Crippen molar-refractivity contribution in [3.05, 3.63) is 93.7 Å². The summed E-state index contributed by atoms with van der Waals surface area (Å²) in [5, 5.41) is 33.5. The Bertz CT molecular complexity index is 2250. The van der Waals surface area contributed by atoms with Crippen molar-refractivity contribution in [1.29, 1.82) is 5.26 Å². The number of hydrogen-bond donors (Lipinski definition) is 1. The van der Waals surface area contributed by atoms with E-state index in [1.807, 2.05) is 29.9 Å². The topological polar surface area (TPSA) is 111 Å². The molecule has 0 fully saturated rings. The van der Waals surface area contributed by atoms with Gasteiger partial charge in [0.15, 0.2) is 0 Å². The van der Waals surface area contributed by atoms with Crippen LogP contribution in [-0.2, 0) is 44.8 Å². The molecule has 1 aliphatic heterocycles. The van der Waals surface area contributed by atoms with E-state index in [0.717, 1.165) is 43.9 Å². The predicted octanol–water partition coefficient (Wildman–Crippen LogP) is 7.74. The number of rotatable bonds is 1. The van der Waals surface area contributed by atoms with Gasteiger partial charge in [-0.2, -0.15) is 15.5 Å². The fourth-order valence-electron chi connectivity index (χ4n) is 6.50. The van der Waals surface area contributed by atoms with Gasteiger partial charge in [0.05, 0.1) is 28.5 Å². The van der Waals surface area contributed by atoms with E-state index >= 15 is 0 Å². The van der Waals surface area contributed by atoms with E-state index in [-0.39, 0.29) is 5.69 Å². The zero-order valence-corrected chi connectivity index (χ0v) is 28.5. The van der Waals surface area contributed by atoms with Crippen LogP contribution in [0.15, 0.2) is 59.5 Å². The summed E-state index contributed by atoms with van der Waals surface area (Å²) in [4.78, 5) is 13.8. The highest BCUT2D eigenvalue weighted by molar-refractivity contribution is 7.98. The summed E-state index contributed by atoms with van der Waals surface area (Å²) in [5.74, 6) is 1.69. The summed E-state index contributed by atoms with van der Waals surface area (Å²) < 4.78 is 11.6. The summed E-state index contributed by atoms with van der Waals surface area (Å²) in [7, 11) is 5.46. The van der Waals surface area contributed by atoms with Crippen LogP contribution in [0, 0.1) is 11.3 Å². The third-order valence-electron chi connectivity index (χ3n) is 8.62. The van der Waals surface area contributed by atoms with Crippen molar-refractivity contribution in [2.75, 3.05) is 6.61 Å². The highest BCUT2D eigenvalue weighted by Crippen LogP contribution is 2.43. The fourth-order valence-corrected chi connectivity index (χ4v) is 8.58. The van der Waals surface area contributed by atoms with Crippen LogP contribution in [-0.4, -0.2) is 41.8 Å². The summed E-state index contributed by atoms with van der Waals surface area (Å²) in [6.07, 6.45) is 1.08. The number of carbonyl (C=O) groups is 1.